The summed E-state index contributed by atoms with van der Waals surface area (Å²) in [5.41, 5.74) is 2.43. The molecule has 0 atom stereocenters. The second-order valence-electron chi connectivity index (χ2n) is 4.52. The third-order valence-corrected chi connectivity index (χ3v) is 3.93. The molecule has 0 aliphatic rings. The molecule has 0 saturated heterocycles. The van der Waals surface area contributed by atoms with Crippen LogP contribution in [-0.2, 0) is 0 Å². The first-order valence-electron chi connectivity index (χ1n) is 6.60. The van der Waals surface area contributed by atoms with Gasteiger partial charge in [-0.2, -0.15) is 0 Å². The lowest BCUT2D eigenvalue weighted by Crippen LogP contribution is -1.98. The highest BCUT2D eigenvalue weighted by molar-refractivity contribution is 7.11. The van der Waals surface area contributed by atoms with Crippen LogP contribution in [0.25, 0.3) is 0 Å². The third-order valence-electron chi connectivity index (χ3n) is 3.12. The van der Waals surface area contributed by atoms with Gasteiger partial charge < -0.3 is 0 Å². The molecule has 0 bridgehead atoms. The lowest BCUT2D eigenvalue weighted by molar-refractivity contribution is 0.879. The largest absolute Gasteiger partial charge is 0.279 e. The Bertz CT molecular complexity index is 618. The van der Waals surface area contributed by atoms with Crippen molar-refractivity contribution in [2.45, 2.75) is 6.04 Å². The maximum Gasteiger partial charge on any atom is 0.1000 e. The molecule has 3 rings (SSSR count). The predicted molar refractivity (Wildman–Crippen MR) is 86.6 cm³/mol. The van der Waals surface area contributed by atoms with Crippen molar-refractivity contribution in [2.24, 2.45) is 4.99 Å². The average Bonchev–Trinajstić information content (AvgIpc) is 3.03. The van der Waals surface area contributed by atoms with Crippen LogP contribution in [-0.4, -0.2) is 6.21 Å². The molecule has 0 aliphatic heterocycles. The molecule has 0 fully saturated rings. The maximum atomic E-state index is 4.79. The van der Waals surface area contributed by atoms with Crippen LogP contribution in [0.3, 0.4) is 0 Å². The minimum atomic E-state index is 0.0551. The Kier molecular flexibility index (Phi) is 4.04. The van der Waals surface area contributed by atoms with E-state index < -0.39 is 0 Å². The quantitative estimate of drug-likeness (QED) is 0.598. The zero-order valence-corrected chi connectivity index (χ0v) is 11.8. The van der Waals surface area contributed by atoms with Crippen LogP contribution in [0.2, 0.25) is 0 Å². The molecule has 2 aromatic carbocycles. The molecule has 0 spiro atoms. The van der Waals surface area contributed by atoms with Gasteiger partial charge in [0.05, 0.1) is 6.04 Å². The van der Waals surface area contributed by atoms with Crippen LogP contribution >= 0.6 is 11.3 Å². The Hall–Kier alpha value is -2.19. The molecule has 2 heteroatoms. The van der Waals surface area contributed by atoms with Gasteiger partial charge in [0, 0.05) is 11.1 Å². The third kappa shape index (κ3) is 3.03. The molecule has 20 heavy (non-hydrogen) atoms. The summed E-state index contributed by atoms with van der Waals surface area (Å²) >= 11 is 1.71. The van der Waals surface area contributed by atoms with Crippen LogP contribution < -0.4 is 0 Å². The van der Waals surface area contributed by atoms with E-state index in [0.717, 1.165) is 0 Å². The van der Waals surface area contributed by atoms with Gasteiger partial charge in [-0.3, -0.25) is 4.99 Å². The van der Waals surface area contributed by atoms with E-state index in [9.17, 15) is 0 Å². The van der Waals surface area contributed by atoms with Gasteiger partial charge in [0.2, 0.25) is 0 Å². The van der Waals surface area contributed by atoms with E-state index >= 15 is 0 Å². The van der Waals surface area contributed by atoms with Gasteiger partial charge in [0.15, 0.2) is 0 Å². The molecule has 0 unspecified atom stereocenters. The molecule has 3 aromatic rings. The van der Waals surface area contributed by atoms with E-state index in [1.807, 2.05) is 24.4 Å². The van der Waals surface area contributed by atoms with Crippen molar-refractivity contribution in [1.29, 1.82) is 0 Å². The van der Waals surface area contributed by atoms with Gasteiger partial charge >= 0.3 is 0 Å². The van der Waals surface area contributed by atoms with E-state index in [2.05, 4.69) is 60.0 Å². The van der Waals surface area contributed by atoms with Crippen LogP contribution in [0, 0.1) is 0 Å². The summed E-state index contributed by atoms with van der Waals surface area (Å²) in [6, 6.07) is 25.0. The molecule has 0 radical (unpaired) electrons. The Labute approximate surface area is 123 Å². The topological polar surface area (TPSA) is 12.4 Å². The molecule has 1 heterocycles. The highest BCUT2D eigenvalue weighted by Gasteiger charge is 2.11. The highest BCUT2D eigenvalue weighted by Crippen LogP contribution is 2.25. The molecule has 1 aromatic heterocycles. The van der Waals surface area contributed by atoms with Crippen molar-refractivity contribution in [3.05, 3.63) is 94.2 Å². The number of rotatable bonds is 4. The first kappa shape index (κ1) is 12.8. The summed E-state index contributed by atoms with van der Waals surface area (Å²) < 4.78 is 0. The smallest absolute Gasteiger partial charge is 0.1000 e. The van der Waals surface area contributed by atoms with Crippen molar-refractivity contribution >= 4 is 17.6 Å². The van der Waals surface area contributed by atoms with Crippen LogP contribution in [0.4, 0.5) is 0 Å². The zero-order valence-electron chi connectivity index (χ0n) is 11.0. The van der Waals surface area contributed by atoms with Gasteiger partial charge in [-0.1, -0.05) is 66.7 Å². The van der Waals surface area contributed by atoms with E-state index in [1.54, 1.807) is 11.3 Å². The molecule has 1 nitrogen and oxygen atoms in total. The first-order chi connectivity index (χ1) is 9.93. The van der Waals surface area contributed by atoms with Crippen molar-refractivity contribution in [3.8, 4) is 0 Å². The monoisotopic (exact) mass is 277 g/mol. The van der Waals surface area contributed by atoms with E-state index in [-0.39, 0.29) is 6.04 Å². The number of thiophene rings is 1. The van der Waals surface area contributed by atoms with Gasteiger partial charge in [-0.15, -0.1) is 11.3 Å². The fraction of sp³-hybridized carbons (Fsp3) is 0.0556. The number of hydrogen-bond donors (Lipinski definition) is 0. The van der Waals surface area contributed by atoms with Crippen molar-refractivity contribution in [2.75, 3.05) is 0 Å². The fourth-order valence-corrected chi connectivity index (χ4v) is 2.74. The average molecular weight is 277 g/mol. The van der Waals surface area contributed by atoms with E-state index in [1.165, 1.54) is 16.0 Å². The lowest BCUT2D eigenvalue weighted by atomic mass is 9.99. The first-order valence-corrected chi connectivity index (χ1v) is 7.48. The molecule has 0 saturated carbocycles. The number of hydrogen-bond acceptors (Lipinski definition) is 2. The van der Waals surface area contributed by atoms with E-state index in [0.29, 0.717) is 0 Å². The molecule has 0 amide bonds. The maximum absolute atomic E-state index is 4.79. The summed E-state index contributed by atoms with van der Waals surface area (Å²) in [7, 11) is 0. The lowest BCUT2D eigenvalue weighted by Gasteiger charge is -2.13. The normalized spacial score (nSPS) is 11.2. The second kappa shape index (κ2) is 6.31. The highest BCUT2D eigenvalue weighted by atomic mass is 32.1. The SMILES string of the molecule is C(=NC(c1ccccc1)c1ccccc1)c1cccs1. The summed E-state index contributed by atoms with van der Waals surface area (Å²) in [6.45, 7) is 0. The second-order valence-corrected chi connectivity index (χ2v) is 5.50. The van der Waals surface area contributed by atoms with Crippen molar-refractivity contribution in [1.82, 2.24) is 0 Å². The van der Waals surface area contributed by atoms with Gasteiger partial charge in [0.25, 0.3) is 0 Å². The van der Waals surface area contributed by atoms with Crippen LogP contribution in [0.15, 0.2) is 83.2 Å². The summed E-state index contributed by atoms with van der Waals surface area (Å²) in [6.07, 6.45) is 1.97. The molecular weight excluding hydrogens is 262 g/mol. The van der Waals surface area contributed by atoms with Gasteiger partial charge in [-0.05, 0) is 22.6 Å². The Morgan fingerprint density at radius 2 is 1.35 bits per heavy atom. The Balaban J connectivity index is 1.96. The minimum Gasteiger partial charge on any atom is -0.279 e. The number of aliphatic imine (C=N–C) groups is 1. The van der Waals surface area contributed by atoms with Gasteiger partial charge in [-0.25, -0.2) is 0 Å². The van der Waals surface area contributed by atoms with Crippen LogP contribution in [0.5, 0.6) is 0 Å². The summed E-state index contributed by atoms with van der Waals surface area (Å²) in [5, 5.41) is 2.07. The minimum absolute atomic E-state index is 0.0551. The van der Waals surface area contributed by atoms with Crippen molar-refractivity contribution < 1.29 is 0 Å². The summed E-state index contributed by atoms with van der Waals surface area (Å²) in [4.78, 5) is 5.97. The number of nitrogens with zero attached hydrogens (tertiary/aromatic N) is 1. The molecule has 0 N–H and O–H groups in total. The van der Waals surface area contributed by atoms with Crippen molar-refractivity contribution in [3.63, 3.8) is 0 Å². The summed E-state index contributed by atoms with van der Waals surface area (Å²) in [5.74, 6) is 0. The molecule has 98 valence electrons. The molecular formula is C18H15NS. The standard InChI is InChI=1S/C18H15NS/c1-3-8-15(9-4-1)18(16-10-5-2-6-11-16)19-14-17-12-7-13-20-17/h1-14,18H. The van der Waals surface area contributed by atoms with Crippen LogP contribution in [0.1, 0.15) is 22.0 Å². The molecule has 0 aliphatic carbocycles. The Morgan fingerprint density at radius 1 is 0.750 bits per heavy atom. The fourth-order valence-electron chi connectivity index (χ4n) is 2.15. The zero-order chi connectivity index (χ0) is 13.6. The Morgan fingerprint density at radius 3 is 1.85 bits per heavy atom. The van der Waals surface area contributed by atoms with Gasteiger partial charge in [0.1, 0.15) is 0 Å². The predicted octanol–water partition coefficient (Wildman–Crippen LogP) is 4.96. The van der Waals surface area contributed by atoms with E-state index in [4.69, 9.17) is 4.99 Å². The number of benzene rings is 2.